The predicted octanol–water partition coefficient (Wildman–Crippen LogP) is 1.48. The van der Waals surface area contributed by atoms with Crippen LogP contribution in [0, 0.1) is 0 Å². The van der Waals surface area contributed by atoms with Crippen molar-refractivity contribution in [3.63, 3.8) is 0 Å². The minimum Gasteiger partial charge on any atom is -0.479 e. The molecule has 1 heterocycles. The Bertz CT molecular complexity index is 549. The lowest BCUT2D eigenvalue weighted by molar-refractivity contribution is -0.149. The van der Waals surface area contributed by atoms with Gasteiger partial charge >= 0.3 is 5.97 Å². The highest BCUT2D eigenvalue weighted by molar-refractivity contribution is 5.83. The molecule has 5 nitrogen and oxygen atoms in total. The Hall–Kier alpha value is -1.88. The van der Waals surface area contributed by atoms with Gasteiger partial charge in [-0.3, -0.25) is 0 Å². The number of aromatic nitrogens is 2. The first kappa shape index (κ1) is 11.6. The lowest BCUT2D eigenvalue weighted by Gasteiger charge is -2.25. The monoisotopic (exact) mass is 234 g/mol. The highest BCUT2D eigenvalue weighted by Gasteiger charge is 2.37. The van der Waals surface area contributed by atoms with Crippen molar-refractivity contribution in [2.45, 2.75) is 12.5 Å². The topological polar surface area (TPSA) is 64.3 Å². The number of benzene rings is 1. The number of carbonyl (C=O) groups is 1. The summed E-state index contributed by atoms with van der Waals surface area (Å²) in [5, 5.41) is 14.4. The molecule has 0 aliphatic rings. The van der Waals surface area contributed by atoms with E-state index in [9.17, 15) is 9.90 Å². The number of methoxy groups -OCH3 is 1. The Morgan fingerprint density at radius 1 is 1.53 bits per heavy atom. The van der Waals surface area contributed by atoms with E-state index in [0.717, 1.165) is 10.9 Å². The summed E-state index contributed by atoms with van der Waals surface area (Å²) in [6, 6.07) is 7.49. The Kier molecular flexibility index (Phi) is 2.85. The van der Waals surface area contributed by atoms with Crippen molar-refractivity contribution in [3.05, 3.63) is 30.5 Å². The minimum absolute atomic E-state index is 0.0635. The van der Waals surface area contributed by atoms with Gasteiger partial charge in [0.2, 0.25) is 0 Å². The molecule has 1 N–H and O–H groups in total. The number of nitrogens with zero attached hydrogens (tertiary/aromatic N) is 2. The fourth-order valence-corrected chi connectivity index (χ4v) is 1.86. The van der Waals surface area contributed by atoms with E-state index in [-0.39, 0.29) is 6.61 Å². The lowest BCUT2D eigenvalue weighted by Crippen LogP contribution is -2.43. The predicted molar refractivity (Wildman–Crippen MR) is 62.9 cm³/mol. The van der Waals surface area contributed by atoms with Crippen molar-refractivity contribution in [2.24, 2.45) is 0 Å². The molecule has 0 amide bonds. The van der Waals surface area contributed by atoms with Crippen LogP contribution in [-0.4, -0.2) is 34.6 Å². The molecule has 0 fully saturated rings. The number of rotatable bonds is 4. The van der Waals surface area contributed by atoms with Crippen LogP contribution in [0.3, 0.4) is 0 Å². The van der Waals surface area contributed by atoms with Crippen LogP contribution < -0.4 is 0 Å². The van der Waals surface area contributed by atoms with Crippen molar-refractivity contribution in [2.75, 3.05) is 13.7 Å². The molecule has 1 atom stereocenters. The molecule has 0 radical (unpaired) electrons. The molecule has 5 heteroatoms. The summed E-state index contributed by atoms with van der Waals surface area (Å²) >= 11 is 0. The minimum atomic E-state index is -1.20. The fraction of sp³-hybridized carbons (Fsp3) is 0.333. The van der Waals surface area contributed by atoms with Gasteiger partial charge in [0.05, 0.1) is 18.3 Å². The van der Waals surface area contributed by atoms with Gasteiger partial charge in [0, 0.05) is 12.5 Å². The molecule has 0 aliphatic carbocycles. The normalized spacial score (nSPS) is 14.7. The van der Waals surface area contributed by atoms with Gasteiger partial charge in [-0.25, -0.2) is 9.48 Å². The Labute approximate surface area is 98.6 Å². The standard InChI is InChI=1S/C12H14N2O3/c1-12(8-17-2,11(15)16)14-10-6-4-3-5-9(10)7-13-14/h3-7H,8H2,1-2H3,(H,15,16). The maximum absolute atomic E-state index is 11.4. The number of hydrogen-bond donors (Lipinski definition) is 1. The maximum atomic E-state index is 11.4. The smallest absolute Gasteiger partial charge is 0.333 e. The maximum Gasteiger partial charge on any atom is 0.333 e. The van der Waals surface area contributed by atoms with E-state index < -0.39 is 11.5 Å². The Balaban J connectivity index is 2.60. The summed E-state index contributed by atoms with van der Waals surface area (Å²) in [6.07, 6.45) is 1.66. The molecule has 1 aromatic carbocycles. The van der Waals surface area contributed by atoms with E-state index in [1.807, 2.05) is 24.3 Å². The van der Waals surface area contributed by atoms with Crippen LogP contribution >= 0.6 is 0 Å². The zero-order chi connectivity index (χ0) is 12.5. The van der Waals surface area contributed by atoms with E-state index in [1.54, 1.807) is 13.1 Å². The van der Waals surface area contributed by atoms with Gasteiger partial charge in [0.15, 0.2) is 5.54 Å². The van der Waals surface area contributed by atoms with E-state index in [4.69, 9.17) is 4.74 Å². The second kappa shape index (κ2) is 4.18. The molecule has 0 saturated carbocycles. The van der Waals surface area contributed by atoms with Gasteiger partial charge in [-0.2, -0.15) is 5.10 Å². The van der Waals surface area contributed by atoms with Crippen LogP contribution in [0.2, 0.25) is 0 Å². The van der Waals surface area contributed by atoms with Crippen molar-refractivity contribution in [1.29, 1.82) is 0 Å². The number of para-hydroxylation sites is 1. The molecule has 0 bridgehead atoms. The number of aliphatic carboxylic acids is 1. The van der Waals surface area contributed by atoms with Gasteiger partial charge in [-0.05, 0) is 13.0 Å². The molecular weight excluding hydrogens is 220 g/mol. The van der Waals surface area contributed by atoms with Crippen LogP contribution in [-0.2, 0) is 15.1 Å². The molecule has 2 aromatic rings. The third-order valence-corrected chi connectivity index (χ3v) is 2.83. The average Bonchev–Trinajstić information content (AvgIpc) is 2.73. The number of carboxylic acid groups (broad SMARTS) is 1. The van der Waals surface area contributed by atoms with Crippen molar-refractivity contribution < 1.29 is 14.6 Å². The molecule has 2 rings (SSSR count). The van der Waals surface area contributed by atoms with E-state index in [0.29, 0.717) is 0 Å². The van der Waals surface area contributed by atoms with Gasteiger partial charge in [-0.15, -0.1) is 0 Å². The van der Waals surface area contributed by atoms with Crippen LogP contribution in [0.4, 0.5) is 0 Å². The number of ether oxygens (including phenoxy) is 1. The number of hydrogen-bond acceptors (Lipinski definition) is 3. The molecule has 0 saturated heterocycles. The van der Waals surface area contributed by atoms with Gasteiger partial charge in [0.25, 0.3) is 0 Å². The zero-order valence-corrected chi connectivity index (χ0v) is 9.75. The zero-order valence-electron chi connectivity index (χ0n) is 9.75. The molecule has 1 unspecified atom stereocenters. The summed E-state index contributed by atoms with van der Waals surface area (Å²) in [5.41, 5.74) is -0.410. The van der Waals surface area contributed by atoms with Crippen LogP contribution in [0.15, 0.2) is 30.5 Å². The van der Waals surface area contributed by atoms with Crippen LogP contribution in [0.5, 0.6) is 0 Å². The van der Waals surface area contributed by atoms with Gasteiger partial charge < -0.3 is 9.84 Å². The third-order valence-electron chi connectivity index (χ3n) is 2.83. The fourth-order valence-electron chi connectivity index (χ4n) is 1.86. The first-order valence-electron chi connectivity index (χ1n) is 5.25. The van der Waals surface area contributed by atoms with E-state index in [1.165, 1.54) is 11.8 Å². The van der Waals surface area contributed by atoms with Gasteiger partial charge in [0.1, 0.15) is 0 Å². The summed E-state index contributed by atoms with van der Waals surface area (Å²) in [4.78, 5) is 11.4. The third kappa shape index (κ3) is 1.78. The van der Waals surface area contributed by atoms with Crippen LogP contribution in [0.25, 0.3) is 10.9 Å². The molecular formula is C12H14N2O3. The molecule has 17 heavy (non-hydrogen) atoms. The van der Waals surface area contributed by atoms with Gasteiger partial charge in [-0.1, -0.05) is 18.2 Å². The summed E-state index contributed by atoms with van der Waals surface area (Å²) in [7, 11) is 1.48. The highest BCUT2D eigenvalue weighted by Crippen LogP contribution is 2.23. The summed E-state index contributed by atoms with van der Waals surface area (Å²) in [5.74, 6) is -0.965. The van der Waals surface area contributed by atoms with Crippen molar-refractivity contribution in [1.82, 2.24) is 9.78 Å². The largest absolute Gasteiger partial charge is 0.479 e. The van der Waals surface area contributed by atoms with Crippen LogP contribution in [0.1, 0.15) is 6.92 Å². The SMILES string of the molecule is COCC(C)(C(=O)O)n1ncc2ccccc21. The molecule has 90 valence electrons. The molecule has 0 aliphatic heterocycles. The first-order valence-corrected chi connectivity index (χ1v) is 5.25. The quantitative estimate of drug-likeness (QED) is 0.870. The molecule has 1 aromatic heterocycles. The second-order valence-corrected chi connectivity index (χ2v) is 4.13. The number of carboxylic acids is 1. The Morgan fingerprint density at radius 2 is 2.24 bits per heavy atom. The van der Waals surface area contributed by atoms with E-state index >= 15 is 0 Å². The second-order valence-electron chi connectivity index (χ2n) is 4.13. The van der Waals surface area contributed by atoms with E-state index in [2.05, 4.69) is 5.10 Å². The summed E-state index contributed by atoms with van der Waals surface area (Å²) < 4.78 is 6.49. The first-order chi connectivity index (χ1) is 8.09. The molecule has 0 spiro atoms. The number of fused-ring (bicyclic) bond motifs is 1. The van der Waals surface area contributed by atoms with Crippen molar-refractivity contribution in [3.8, 4) is 0 Å². The highest BCUT2D eigenvalue weighted by atomic mass is 16.5. The lowest BCUT2D eigenvalue weighted by atomic mass is 10.0. The summed E-state index contributed by atoms with van der Waals surface area (Å²) in [6.45, 7) is 1.66. The van der Waals surface area contributed by atoms with Crippen molar-refractivity contribution >= 4 is 16.9 Å². The average molecular weight is 234 g/mol. The Morgan fingerprint density at radius 3 is 2.88 bits per heavy atom.